The number of nitrogens with zero attached hydrogens (tertiary/aromatic N) is 1. The second-order valence-corrected chi connectivity index (χ2v) is 6.49. The highest BCUT2D eigenvalue weighted by Gasteiger charge is 2.07. The molecule has 7 heteroatoms. The molecular formula is C18H30ClN3O2S. The summed E-state index contributed by atoms with van der Waals surface area (Å²) in [5.74, 6) is 0.917. The van der Waals surface area contributed by atoms with E-state index >= 15 is 0 Å². The van der Waals surface area contributed by atoms with Crippen molar-refractivity contribution in [2.75, 3.05) is 43.5 Å². The van der Waals surface area contributed by atoms with Crippen LogP contribution in [-0.4, -0.2) is 54.9 Å². The summed E-state index contributed by atoms with van der Waals surface area (Å²) in [6.07, 6.45) is 3.43. The fourth-order valence-corrected chi connectivity index (χ4v) is 2.71. The van der Waals surface area contributed by atoms with Crippen LogP contribution in [0.4, 0.5) is 5.69 Å². The number of hydrogen-bond acceptors (Lipinski definition) is 4. The van der Waals surface area contributed by atoms with Gasteiger partial charge in [-0.05, 0) is 55.8 Å². The molecule has 5 nitrogen and oxygen atoms in total. The summed E-state index contributed by atoms with van der Waals surface area (Å²) in [7, 11) is 0. The van der Waals surface area contributed by atoms with E-state index in [1.165, 1.54) is 0 Å². The number of carbonyl (C=O) groups is 2. The Kier molecular flexibility index (Phi) is 13.3. The summed E-state index contributed by atoms with van der Waals surface area (Å²) in [5.41, 5.74) is 1.33. The minimum Gasteiger partial charge on any atom is -0.351 e. The number of carbonyl (C=O) groups excluding carboxylic acids is 2. The highest BCUT2D eigenvalue weighted by Crippen LogP contribution is 2.11. The lowest BCUT2D eigenvalue weighted by Gasteiger charge is -2.18. The molecule has 142 valence electrons. The van der Waals surface area contributed by atoms with Gasteiger partial charge in [0.15, 0.2) is 0 Å². The van der Waals surface area contributed by atoms with Gasteiger partial charge in [0.25, 0.3) is 5.91 Å². The molecule has 0 spiro atoms. The molecule has 0 atom stereocenters. The van der Waals surface area contributed by atoms with Gasteiger partial charge in [-0.25, -0.2) is 0 Å². The van der Waals surface area contributed by atoms with E-state index in [0.29, 0.717) is 18.5 Å². The smallest absolute Gasteiger partial charge is 0.251 e. The number of nitrogens with one attached hydrogen (secondary N) is 2. The molecule has 0 fully saturated rings. The fourth-order valence-electron chi connectivity index (χ4n) is 2.27. The van der Waals surface area contributed by atoms with Crippen LogP contribution in [0.1, 0.15) is 37.0 Å². The van der Waals surface area contributed by atoms with Gasteiger partial charge < -0.3 is 15.5 Å². The topological polar surface area (TPSA) is 61.4 Å². The lowest BCUT2D eigenvalue weighted by molar-refractivity contribution is -0.116. The Balaban J connectivity index is 0.00000576. The Morgan fingerprint density at radius 2 is 1.76 bits per heavy atom. The lowest BCUT2D eigenvalue weighted by atomic mass is 10.2. The number of thioether (sulfide) groups is 1. The Morgan fingerprint density at radius 1 is 1.12 bits per heavy atom. The van der Waals surface area contributed by atoms with Crippen LogP contribution in [-0.2, 0) is 4.79 Å². The van der Waals surface area contributed by atoms with Crippen molar-refractivity contribution in [2.24, 2.45) is 0 Å². The summed E-state index contributed by atoms with van der Waals surface area (Å²) in [6, 6.07) is 7.02. The quantitative estimate of drug-likeness (QED) is 0.572. The van der Waals surface area contributed by atoms with Crippen LogP contribution in [0.5, 0.6) is 0 Å². The number of likely N-dealkylation sites (N-methyl/N-ethyl adjacent to an activating group) is 1. The van der Waals surface area contributed by atoms with E-state index in [9.17, 15) is 9.59 Å². The van der Waals surface area contributed by atoms with E-state index in [1.54, 1.807) is 36.0 Å². The van der Waals surface area contributed by atoms with E-state index < -0.39 is 0 Å². The molecule has 0 saturated carbocycles. The van der Waals surface area contributed by atoms with Crippen molar-refractivity contribution >= 4 is 41.7 Å². The van der Waals surface area contributed by atoms with Crippen molar-refractivity contribution in [3.05, 3.63) is 29.8 Å². The molecule has 0 aliphatic heterocycles. The second kappa shape index (κ2) is 14.0. The third-order valence-corrected chi connectivity index (χ3v) is 4.49. The number of benzene rings is 1. The van der Waals surface area contributed by atoms with Crippen LogP contribution >= 0.6 is 24.2 Å². The van der Waals surface area contributed by atoms with Gasteiger partial charge in [-0.15, -0.1) is 12.4 Å². The van der Waals surface area contributed by atoms with Gasteiger partial charge in [0.2, 0.25) is 5.91 Å². The molecule has 0 heterocycles. The van der Waals surface area contributed by atoms with Gasteiger partial charge in [-0.3, -0.25) is 9.59 Å². The average Bonchev–Trinajstić information content (AvgIpc) is 2.59. The zero-order valence-corrected chi connectivity index (χ0v) is 17.0. The summed E-state index contributed by atoms with van der Waals surface area (Å²) in [5, 5.41) is 5.78. The third kappa shape index (κ3) is 9.72. The highest BCUT2D eigenvalue weighted by atomic mass is 35.5. The molecule has 0 aliphatic rings. The largest absolute Gasteiger partial charge is 0.351 e. The number of rotatable bonds is 11. The first-order valence-corrected chi connectivity index (χ1v) is 9.89. The van der Waals surface area contributed by atoms with Crippen molar-refractivity contribution in [3.8, 4) is 0 Å². The van der Waals surface area contributed by atoms with Crippen LogP contribution < -0.4 is 10.6 Å². The standard InChI is InChI=1S/C18H29N3O2S.ClH/c1-4-21(5-2)13-12-19-18(23)15-8-10-16(11-9-15)20-17(22)7-6-14-24-3;/h8-11H,4-7,12-14H2,1-3H3,(H,19,23)(H,20,22);1H. The van der Waals surface area contributed by atoms with Gasteiger partial charge in [0.05, 0.1) is 0 Å². The van der Waals surface area contributed by atoms with Gasteiger partial charge in [-0.2, -0.15) is 11.8 Å². The Labute approximate surface area is 161 Å². The van der Waals surface area contributed by atoms with E-state index in [1.807, 2.05) is 6.26 Å². The number of halogens is 1. The zero-order chi connectivity index (χ0) is 17.8. The van der Waals surface area contributed by atoms with Gasteiger partial charge in [-0.1, -0.05) is 13.8 Å². The predicted molar refractivity (Wildman–Crippen MR) is 110 cm³/mol. The molecule has 0 radical (unpaired) electrons. The highest BCUT2D eigenvalue weighted by molar-refractivity contribution is 7.98. The predicted octanol–water partition coefficient (Wildman–Crippen LogP) is 3.26. The lowest BCUT2D eigenvalue weighted by Crippen LogP contribution is -2.34. The molecule has 0 aliphatic carbocycles. The normalized spacial score (nSPS) is 10.2. The van der Waals surface area contributed by atoms with Crippen LogP contribution in [0.3, 0.4) is 0 Å². The molecule has 2 amide bonds. The van der Waals surface area contributed by atoms with E-state index in [0.717, 1.165) is 37.5 Å². The van der Waals surface area contributed by atoms with Gasteiger partial charge in [0.1, 0.15) is 0 Å². The maximum absolute atomic E-state index is 12.1. The van der Waals surface area contributed by atoms with E-state index in [4.69, 9.17) is 0 Å². The van der Waals surface area contributed by atoms with Gasteiger partial charge >= 0.3 is 0 Å². The zero-order valence-electron chi connectivity index (χ0n) is 15.3. The molecule has 0 bridgehead atoms. The van der Waals surface area contributed by atoms with Crippen molar-refractivity contribution in [1.29, 1.82) is 0 Å². The van der Waals surface area contributed by atoms with Crippen LogP contribution in [0.15, 0.2) is 24.3 Å². The maximum Gasteiger partial charge on any atom is 0.251 e. The summed E-state index contributed by atoms with van der Waals surface area (Å²) in [4.78, 5) is 26.1. The van der Waals surface area contributed by atoms with Crippen LogP contribution in [0.2, 0.25) is 0 Å². The SMILES string of the molecule is CCN(CC)CCNC(=O)c1ccc(NC(=O)CCCSC)cc1.Cl. The molecule has 0 unspecified atom stereocenters. The average molecular weight is 388 g/mol. The minimum atomic E-state index is -0.0833. The molecular weight excluding hydrogens is 358 g/mol. The van der Waals surface area contributed by atoms with Crippen molar-refractivity contribution in [2.45, 2.75) is 26.7 Å². The molecule has 0 saturated heterocycles. The molecule has 0 aromatic heterocycles. The van der Waals surface area contributed by atoms with Crippen LogP contribution in [0.25, 0.3) is 0 Å². The van der Waals surface area contributed by atoms with Crippen molar-refractivity contribution in [3.63, 3.8) is 0 Å². The molecule has 1 aromatic rings. The first kappa shape index (κ1) is 23.8. The number of hydrogen-bond donors (Lipinski definition) is 2. The Bertz CT molecular complexity index is 508. The first-order valence-electron chi connectivity index (χ1n) is 8.50. The molecule has 25 heavy (non-hydrogen) atoms. The second-order valence-electron chi connectivity index (χ2n) is 5.50. The maximum atomic E-state index is 12.1. The molecule has 2 N–H and O–H groups in total. The summed E-state index contributed by atoms with van der Waals surface area (Å²) >= 11 is 1.74. The number of anilines is 1. The summed E-state index contributed by atoms with van der Waals surface area (Å²) in [6.45, 7) is 7.67. The van der Waals surface area contributed by atoms with Crippen LogP contribution in [0, 0.1) is 0 Å². The molecule has 1 aromatic carbocycles. The number of amides is 2. The first-order chi connectivity index (χ1) is 11.6. The molecule has 1 rings (SSSR count). The van der Waals surface area contributed by atoms with E-state index in [-0.39, 0.29) is 24.2 Å². The Morgan fingerprint density at radius 3 is 2.32 bits per heavy atom. The monoisotopic (exact) mass is 387 g/mol. The fraction of sp³-hybridized carbons (Fsp3) is 0.556. The summed E-state index contributed by atoms with van der Waals surface area (Å²) < 4.78 is 0. The Hall–Kier alpha value is -1.24. The minimum absolute atomic E-state index is 0. The third-order valence-electron chi connectivity index (χ3n) is 3.79. The van der Waals surface area contributed by atoms with Crippen molar-refractivity contribution in [1.82, 2.24) is 10.2 Å². The van der Waals surface area contributed by atoms with Gasteiger partial charge in [0, 0.05) is 30.8 Å². The van der Waals surface area contributed by atoms with E-state index in [2.05, 4.69) is 29.4 Å². The van der Waals surface area contributed by atoms with Crippen molar-refractivity contribution < 1.29 is 9.59 Å².